The molecule has 0 radical (unpaired) electrons. The van der Waals surface area contributed by atoms with Gasteiger partial charge in [0.1, 0.15) is 11.6 Å². The average Bonchev–Trinajstić information content (AvgIpc) is 2.99. The molecule has 1 heterocycles. The highest BCUT2D eigenvalue weighted by Gasteiger charge is 2.07. The molecule has 0 spiro atoms. The average molecular weight is 289 g/mol. The van der Waals surface area contributed by atoms with E-state index in [4.69, 9.17) is 4.42 Å². The maximum Gasteiger partial charge on any atom is 0.259 e. The zero-order valence-electron chi connectivity index (χ0n) is 10.9. The first-order valence-electron chi connectivity index (χ1n) is 6.04. The molecule has 21 heavy (non-hydrogen) atoms. The molecule has 0 aliphatic heterocycles. The Kier molecular flexibility index (Phi) is 4.81. The number of nitrogens with one attached hydrogen (secondary N) is 2. The Hall–Kier alpha value is -2.96. The molecule has 2 rings (SSSR count). The van der Waals surface area contributed by atoms with E-state index in [1.807, 2.05) is 0 Å². The van der Waals surface area contributed by atoms with Crippen molar-refractivity contribution in [1.29, 1.82) is 0 Å². The molecular weight excluding hydrogens is 277 g/mol. The van der Waals surface area contributed by atoms with Gasteiger partial charge in [0.2, 0.25) is 0 Å². The number of carbonyl (C=O) groups is 2. The molecule has 7 heteroatoms. The van der Waals surface area contributed by atoms with Crippen LogP contribution in [-0.4, -0.2) is 24.6 Å². The van der Waals surface area contributed by atoms with Crippen LogP contribution in [0.3, 0.4) is 0 Å². The number of rotatable bonds is 5. The molecule has 0 aliphatic rings. The van der Waals surface area contributed by atoms with Crippen LogP contribution < -0.4 is 10.7 Å². The minimum absolute atomic E-state index is 0.244. The van der Waals surface area contributed by atoms with Crippen LogP contribution in [0.1, 0.15) is 16.1 Å². The largest absolute Gasteiger partial charge is 0.463 e. The first-order chi connectivity index (χ1) is 10.1. The number of hydrogen-bond donors (Lipinski definition) is 2. The fraction of sp³-hybridized carbons (Fsp3) is 0.0714. The lowest BCUT2D eigenvalue weighted by molar-refractivity contribution is -0.120. The van der Waals surface area contributed by atoms with Crippen molar-refractivity contribution in [1.82, 2.24) is 10.7 Å². The Morgan fingerprint density at radius 2 is 2.00 bits per heavy atom. The second-order valence-electron chi connectivity index (χ2n) is 4.00. The number of hydrazone groups is 1. The lowest BCUT2D eigenvalue weighted by Gasteiger charge is -2.03. The summed E-state index contributed by atoms with van der Waals surface area (Å²) in [6.45, 7) is -0.244. The Morgan fingerprint density at radius 3 is 2.67 bits per heavy atom. The summed E-state index contributed by atoms with van der Waals surface area (Å²) in [6.07, 6.45) is 2.81. The quantitative estimate of drug-likeness (QED) is 0.643. The molecule has 0 bridgehead atoms. The SMILES string of the molecule is O=C(CNC(=O)c1ccc(F)cc1)N/N=C/c1ccco1. The predicted octanol–water partition coefficient (Wildman–Crippen LogP) is 1.30. The Bertz CT molecular complexity index is 636. The van der Waals surface area contributed by atoms with Crippen LogP contribution in [0.4, 0.5) is 4.39 Å². The standard InChI is InChI=1S/C14H12FN3O3/c15-11-5-3-10(4-6-11)14(20)16-9-13(19)18-17-8-12-2-1-7-21-12/h1-8H,9H2,(H,16,20)(H,18,19)/b17-8+. The van der Waals surface area contributed by atoms with Crippen molar-refractivity contribution in [3.8, 4) is 0 Å². The lowest BCUT2D eigenvalue weighted by atomic mass is 10.2. The summed E-state index contributed by atoms with van der Waals surface area (Å²) in [6, 6.07) is 8.36. The van der Waals surface area contributed by atoms with Gasteiger partial charge in [0, 0.05) is 5.56 Å². The number of hydrogen-bond acceptors (Lipinski definition) is 4. The highest BCUT2D eigenvalue weighted by Crippen LogP contribution is 2.02. The van der Waals surface area contributed by atoms with Gasteiger partial charge in [-0.15, -0.1) is 0 Å². The normalized spacial score (nSPS) is 10.5. The van der Waals surface area contributed by atoms with E-state index in [0.717, 1.165) is 0 Å². The molecule has 0 fully saturated rings. The molecule has 6 nitrogen and oxygen atoms in total. The van der Waals surface area contributed by atoms with E-state index in [0.29, 0.717) is 5.76 Å². The van der Waals surface area contributed by atoms with Gasteiger partial charge < -0.3 is 9.73 Å². The van der Waals surface area contributed by atoms with E-state index >= 15 is 0 Å². The lowest BCUT2D eigenvalue weighted by Crippen LogP contribution is -2.34. The first kappa shape index (κ1) is 14.4. The van der Waals surface area contributed by atoms with Gasteiger partial charge in [0.15, 0.2) is 0 Å². The molecule has 0 unspecified atom stereocenters. The van der Waals surface area contributed by atoms with E-state index in [1.54, 1.807) is 12.1 Å². The van der Waals surface area contributed by atoms with Gasteiger partial charge in [0.25, 0.3) is 11.8 Å². The Morgan fingerprint density at radius 1 is 1.24 bits per heavy atom. The number of amides is 2. The van der Waals surface area contributed by atoms with Crippen molar-refractivity contribution in [3.05, 3.63) is 59.8 Å². The van der Waals surface area contributed by atoms with Crippen molar-refractivity contribution in [2.75, 3.05) is 6.54 Å². The maximum atomic E-state index is 12.7. The zero-order valence-corrected chi connectivity index (χ0v) is 10.9. The van der Waals surface area contributed by atoms with Gasteiger partial charge in [-0.25, -0.2) is 9.82 Å². The first-order valence-corrected chi connectivity index (χ1v) is 6.04. The van der Waals surface area contributed by atoms with Crippen molar-refractivity contribution in [3.63, 3.8) is 0 Å². The van der Waals surface area contributed by atoms with Gasteiger partial charge in [-0.3, -0.25) is 9.59 Å². The molecule has 0 atom stereocenters. The topological polar surface area (TPSA) is 83.7 Å². The minimum atomic E-state index is -0.492. The van der Waals surface area contributed by atoms with Gasteiger partial charge in [-0.05, 0) is 36.4 Å². The van der Waals surface area contributed by atoms with Crippen LogP contribution in [0.15, 0.2) is 52.2 Å². The third-order valence-corrected chi connectivity index (χ3v) is 2.44. The van der Waals surface area contributed by atoms with Gasteiger partial charge >= 0.3 is 0 Å². The van der Waals surface area contributed by atoms with Crippen molar-refractivity contribution in [2.24, 2.45) is 5.10 Å². The van der Waals surface area contributed by atoms with Gasteiger partial charge in [-0.1, -0.05) is 0 Å². The number of carbonyl (C=O) groups excluding carboxylic acids is 2. The second kappa shape index (κ2) is 6.99. The summed E-state index contributed by atoms with van der Waals surface area (Å²) in [7, 11) is 0. The Labute approximate surface area is 119 Å². The summed E-state index contributed by atoms with van der Waals surface area (Å²) in [4.78, 5) is 23.1. The number of halogens is 1. The van der Waals surface area contributed by atoms with Gasteiger partial charge in [0.05, 0.1) is 19.0 Å². The minimum Gasteiger partial charge on any atom is -0.463 e. The summed E-state index contributed by atoms with van der Waals surface area (Å²) in [5.41, 5.74) is 2.50. The fourth-order valence-electron chi connectivity index (χ4n) is 1.44. The molecule has 0 saturated carbocycles. The molecule has 0 saturated heterocycles. The Balaban J connectivity index is 1.76. The zero-order chi connectivity index (χ0) is 15.1. The van der Waals surface area contributed by atoms with Crippen molar-refractivity contribution < 1.29 is 18.4 Å². The molecule has 0 aliphatic carbocycles. The second-order valence-corrected chi connectivity index (χ2v) is 4.00. The summed E-state index contributed by atoms with van der Waals surface area (Å²) in [5.74, 6) is -0.907. The third-order valence-electron chi connectivity index (χ3n) is 2.44. The van der Waals surface area contributed by atoms with E-state index in [1.165, 1.54) is 36.7 Å². The third kappa shape index (κ3) is 4.57. The van der Waals surface area contributed by atoms with E-state index in [9.17, 15) is 14.0 Å². The molecule has 2 amide bonds. The summed E-state index contributed by atoms with van der Waals surface area (Å²) < 4.78 is 17.7. The molecular formula is C14H12FN3O3. The van der Waals surface area contributed by atoms with Crippen LogP contribution >= 0.6 is 0 Å². The highest BCUT2D eigenvalue weighted by atomic mass is 19.1. The van der Waals surface area contributed by atoms with Crippen LogP contribution in [0.5, 0.6) is 0 Å². The van der Waals surface area contributed by atoms with Crippen LogP contribution in [0, 0.1) is 5.82 Å². The monoisotopic (exact) mass is 289 g/mol. The van der Waals surface area contributed by atoms with Crippen LogP contribution in [-0.2, 0) is 4.79 Å². The van der Waals surface area contributed by atoms with E-state index in [-0.39, 0.29) is 12.1 Å². The fourth-order valence-corrected chi connectivity index (χ4v) is 1.44. The molecule has 1 aromatic heterocycles. The number of furan rings is 1. The molecule has 108 valence electrons. The number of nitrogens with zero attached hydrogens (tertiary/aromatic N) is 1. The highest BCUT2D eigenvalue weighted by molar-refractivity contribution is 5.96. The van der Waals surface area contributed by atoms with Crippen molar-refractivity contribution in [2.45, 2.75) is 0 Å². The van der Waals surface area contributed by atoms with Crippen LogP contribution in [0.25, 0.3) is 0 Å². The molecule has 2 aromatic rings. The summed E-state index contributed by atoms with van der Waals surface area (Å²) in [5, 5.41) is 6.05. The smallest absolute Gasteiger partial charge is 0.259 e. The predicted molar refractivity (Wildman–Crippen MR) is 73.2 cm³/mol. The summed E-state index contributed by atoms with van der Waals surface area (Å²) >= 11 is 0. The molecule has 2 N–H and O–H groups in total. The van der Waals surface area contributed by atoms with E-state index < -0.39 is 17.6 Å². The number of benzene rings is 1. The maximum absolute atomic E-state index is 12.7. The van der Waals surface area contributed by atoms with Crippen LogP contribution in [0.2, 0.25) is 0 Å². The van der Waals surface area contributed by atoms with Crippen molar-refractivity contribution >= 4 is 18.0 Å². The van der Waals surface area contributed by atoms with E-state index in [2.05, 4.69) is 15.8 Å². The molecule has 1 aromatic carbocycles. The van der Waals surface area contributed by atoms with Gasteiger partial charge in [-0.2, -0.15) is 5.10 Å².